The van der Waals surface area contributed by atoms with Gasteiger partial charge in [-0.2, -0.15) is 11.8 Å². The normalized spacial score (nSPS) is 17.4. The summed E-state index contributed by atoms with van der Waals surface area (Å²) in [4.78, 5) is 14.9. The summed E-state index contributed by atoms with van der Waals surface area (Å²) in [5, 5.41) is 3.02. The minimum atomic E-state index is -3.44. The van der Waals surface area contributed by atoms with Crippen molar-refractivity contribution in [1.82, 2.24) is 14.9 Å². The fraction of sp³-hybridized carbons (Fsp3) is 0.632. The number of nitrogens with zero attached hydrogens (tertiary/aromatic N) is 1. The monoisotopic (exact) mass is 431 g/mol. The van der Waals surface area contributed by atoms with Gasteiger partial charge in [0.05, 0.1) is 5.75 Å². The van der Waals surface area contributed by atoms with Gasteiger partial charge in [0.15, 0.2) is 0 Å². The molecule has 0 spiro atoms. The molecule has 0 aromatic heterocycles. The van der Waals surface area contributed by atoms with Crippen LogP contribution in [0.5, 0.6) is 0 Å². The van der Waals surface area contributed by atoms with Crippen molar-refractivity contribution in [2.45, 2.75) is 44.8 Å². The van der Waals surface area contributed by atoms with Crippen LogP contribution in [0, 0.1) is 5.82 Å². The van der Waals surface area contributed by atoms with Gasteiger partial charge in [0.25, 0.3) is 0 Å². The van der Waals surface area contributed by atoms with E-state index >= 15 is 0 Å². The van der Waals surface area contributed by atoms with Crippen molar-refractivity contribution >= 4 is 27.7 Å². The third-order valence-corrected chi connectivity index (χ3v) is 6.93. The number of piperidine rings is 1. The Balaban J connectivity index is 1.83. The molecule has 1 unspecified atom stereocenters. The van der Waals surface area contributed by atoms with Crippen molar-refractivity contribution < 1.29 is 17.6 Å². The zero-order chi connectivity index (χ0) is 20.6. The number of nitrogens with one attached hydrogen (secondary N) is 2. The van der Waals surface area contributed by atoms with E-state index in [4.69, 9.17) is 0 Å². The summed E-state index contributed by atoms with van der Waals surface area (Å²) in [6.07, 6.45) is 4.02. The summed E-state index contributed by atoms with van der Waals surface area (Å²) in [5.41, 5.74) is 1.06. The predicted molar refractivity (Wildman–Crippen MR) is 112 cm³/mol. The standard InChI is InChI=1S/C19H30FN3O3S2/c1-3-28(25,26)22-18(10-13-27-2)19(24)21-17-8-11-23(12-9-17)14-15-4-6-16(20)7-5-15/h4-7,17-18,22H,3,8-14H2,1-2H3,(H,21,24). The maximum atomic E-state index is 13.0. The van der Waals surface area contributed by atoms with Crippen molar-refractivity contribution in [2.24, 2.45) is 0 Å². The Hall–Kier alpha value is -1.16. The van der Waals surface area contributed by atoms with Gasteiger partial charge in [-0.15, -0.1) is 0 Å². The number of hydrogen-bond donors (Lipinski definition) is 2. The lowest BCUT2D eigenvalue weighted by Gasteiger charge is -2.33. The molecule has 0 bridgehead atoms. The van der Waals surface area contributed by atoms with Gasteiger partial charge >= 0.3 is 0 Å². The fourth-order valence-corrected chi connectivity index (χ4v) is 4.46. The van der Waals surface area contributed by atoms with Gasteiger partial charge in [0.2, 0.25) is 15.9 Å². The number of rotatable bonds is 10. The quantitative estimate of drug-likeness (QED) is 0.592. The highest BCUT2D eigenvalue weighted by Gasteiger charge is 2.27. The van der Waals surface area contributed by atoms with Crippen LogP contribution in [0.2, 0.25) is 0 Å². The first-order chi connectivity index (χ1) is 13.3. The summed E-state index contributed by atoms with van der Waals surface area (Å²) in [7, 11) is -3.44. The third kappa shape index (κ3) is 7.69. The van der Waals surface area contributed by atoms with Gasteiger partial charge in [-0.1, -0.05) is 12.1 Å². The number of sulfonamides is 1. The Morgan fingerprint density at radius 1 is 1.29 bits per heavy atom. The SMILES string of the molecule is CCS(=O)(=O)NC(CCSC)C(=O)NC1CCN(Cc2ccc(F)cc2)CC1. The summed E-state index contributed by atoms with van der Waals surface area (Å²) in [6.45, 7) is 3.98. The van der Waals surface area contributed by atoms with Crippen molar-refractivity contribution in [1.29, 1.82) is 0 Å². The molecule has 2 N–H and O–H groups in total. The Bertz CT molecular complexity index is 720. The number of likely N-dealkylation sites (tertiary alicyclic amines) is 1. The molecule has 0 saturated carbocycles. The average molecular weight is 432 g/mol. The number of benzene rings is 1. The van der Waals surface area contributed by atoms with Crippen LogP contribution in [0.4, 0.5) is 4.39 Å². The molecular formula is C19H30FN3O3S2. The van der Waals surface area contributed by atoms with Crippen LogP contribution in [-0.2, 0) is 21.4 Å². The van der Waals surface area contributed by atoms with Crippen LogP contribution >= 0.6 is 11.8 Å². The maximum Gasteiger partial charge on any atom is 0.238 e. The van der Waals surface area contributed by atoms with Crippen LogP contribution in [0.3, 0.4) is 0 Å². The second kappa shape index (κ2) is 11.1. The van der Waals surface area contributed by atoms with E-state index in [0.717, 1.165) is 38.0 Å². The second-order valence-corrected chi connectivity index (χ2v) is 10.1. The zero-order valence-corrected chi connectivity index (χ0v) is 18.1. The highest BCUT2D eigenvalue weighted by molar-refractivity contribution is 7.98. The van der Waals surface area contributed by atoms with Gasteiger partial charge in [-0.25, -0.2) is 17.5 Å². The molecule has 1 amide bonds. The summed E-state index contributed by atoms with van der Waals surface area (Å²) in [6, 6.07) is 5.83. The van der Waals surface area contributed by atoms with Gasteiger partial charge in [-0.05, 0) is 55.9 Å². The minimum absolute atomic E-state index is 0.0416. The summed E-state index contributed by atoms with van der Waals surface area (Å²) in [5.74, 6) is 0.182. The van der Waals surface area contributed by atoms with Crippen LogP contribution in [-0.4, -0.2) is 62.2 Å². The van der Waals surface area contributed by atoms with Crippen LogP contribution < -0.4 is 10.0 Å². The lowest BCUT2D eigenvalue weighted by atomic mass is 10.0. The van der Waals surface area contributed by atoms with E-state index in [0.29, 0.717) is 12.2 Å². The molecule has 158 valence electrons. The van der Waals surface area contributed by atoms with E-state index < -0.39 is 16.1 Å². The molecular weight excluding hydrogens is 401 g/mol. The molecule has 1 aromatic carbocycles. The Labute approximate surface area is 171 Å². The van der Waals surface area contributed by atoms with Crippen molar-refractivity contribution in [3.8, 4) is 0 Å². The number of carbonyl (C=O) groups is 1. The molecule has 1 fully saturated rings. The minimum Gasteiger partial charge on any atom is -0.352 e. The topological polar surface area (TPSA) is 78.5 Å². The molecule has 0 radical (unpaired) electrons. The van der Waals surface area contributed by atoms with Crippen molar-refractivity contribution in [3.05, 3.63) is 35.6 Å². The Morgan fingerprint density at radius 3 is 2.50 bits per heavy atom. The van der Waals surface area contributed by atoms with E-state index in [1.165, 1.54) is 12.1 Å². The first-order valence-electron chi connectivity index (χ1n) is 9.59. The maximum absolute atomic E-state index is 13.0. The molecule has 6 nitrogen and oxygen atoms in total. The molecule has 9 heteroatoms. The molecule has 1 aliphatic heterocycles. The number of hydrogen-bond acceptors (Lipinski definition) is 5. The van der Waals surface area contributed by atoms with Crippen molar-refractivity contribution in [3.63, 3.8) is 0 Å². The number of amides is 1. The molecule has 2 rings (SSSR count). The van der Waals surface area contributed by atoms with Gasteiger partial charge in [0, 0.05) is 25.7 Å². The highest BCUT2D eigenvalue weighted by Crippen LogP contribution is 2.15. The number of halogens is 1. The smallest absolute Gasteiger partial charge is 0.238 e. The Morgan fingerprint density at radius 2 is 1.93 bits per heavy atom. The van der Waals surface area contributed by atoms with E-state index in [-0.39, 0.29) is 23.5 Å². The highest BCUT2D eigenvalue weighted by atomic mass is 32.2. The largest absolute Gasteiger partial charge is 0.352 e. The molecule has 0 aliphatic carbocycles. The van der Waals surface area contributed by atoms with Crippen LogP contribution in [0.1, 0.15) is 31.7 Å². The van der Waals surface area contributed by atoms with E-state index in [1.54, 1.807) is 30.8 Å². The molecule has 1 saturated heterocycles. The number of carbonyl (C=O) groups excluding carboxylic acids is 1. The van der Waals surface area contributed by atoms with Gasteiger partial charge < -0.3 is 5.32 Å². The van der Waals surface area contributed by atoms with Crippen molar-refractivity contribution in [2.75, 3.05) is 30.9 Å². The first kappa shape index (κ1) is 23.1. The molecule has 1 atom stereocenters. The second-order valence-electron chi connectivity index (χ2n) is 7.04. The fourth-order valence-electron chi connectivity index (χ4n) is 3.16. The number of thioether (sulfide) groups is 1. The molecule has 1 aliphatic rings. The van der Waals surface area contributed by atoms with Gasteiger partial charge in [0.1, 0.15) is 11.9 Å². The predicted octanol–water partition coefficient (Wildman–Crippen LogP) is 1.97. The van der Waals surface area contributed by atoms with E-state index in [9.17, 15) is 17.6 Å². The first-order valence-corrected chi connectivity index (χ1v) is 12.6. The zero-order valence-electron chi connectivity index (χ0n) is 16.5. The third-order valence-electron chi connectivity index (χ3n) is 4.88. The summed E-state index contributed by atoms with van der Waals surface area (Å²) >= 11 is 1.58. The van der Waals surface area contributed by atoms with E-state index in [1.807, 2.05) is 6.26 Å². The molecule has 28 heavy (non-hydrogen) atoms. The Kier molecular flexibility index (Phi) is 9.20. The molecule has 1 heterocycles. The molecule has 1 aromatic rings. The lowest BCUT2D eigenvalue weighted by molar-refractivity contribution is -0.123. The van der Waals surface area contributed by atoms with E-state index in [2.05, 4.69) is 14.9 Å². The van der Waals surface area contributed by atoms with Crippen LogP contribution in [0.15, 0.2) is 24.3 Å². The summed E-state index contributed by atoms with van der Waals surface area (Å²) < 4.78 is 39.3. The van der Waals surface area contributed by atoms with Crippen LogP contribution in [0.25, 0.3) is 0 Å². The average Bonchev–Trinajstić information content (AvgIpc) is 2.68. The van der Waals surface area contributed by atoms with Gasteiger partial charge in [-0.3, -0.25) is 9.69 Å². The lowest BCUT2D eigenvalue weighted by Crippen LogP contribution is -2.52.